The minimum atomic E-state index is -1.03. The lowest BCUT2D eigenvalue weighted by Gasteiger charge is -2.00. The molecule has 1 rings (SSSR count). The number of hydrogen-bond acceptors (Lipinski definition) is 6. The Morgan fingerprint density at radius 1 is 1.31 bits per heavy atom. The molecule has 1 fully saturated rings. The van der Waals surface area contributed by atoms with Gasteiger partial charge in [0.2, 0.25) is 5.03 Å². The van der Waals surface area contributed by atoms with Gasteiger partial charge < -0.3 is 10.1 Å². The normalized spacial score (nSPS) is 19.4. The molecule has 0 amide bonds. The third kappa shape index (κ3) is 2.52. The quantitative estimate of drug-likeness (QED) is 0.465. The van der Waals surface area contributed by atoms with Gasteiger partial charge in [-0.25, -0.2) is 0 Å². The molecule has 0 unspecified atom stereocenters. The Kier molecular flexibility index (Phi) is 3.91. The molecule has 16 heavy (non-hydrogen) atoms. The Morgan fingerprint density at radius 2 is 1.94 bits per heavy atom. The molecular weight excluding hydrogens is 265 g/mol. The van der Waals surface area contributed by atoms with Crippen LogP contribution in [0.2, 0.25) is 0 Å². The van der Waals surface area contributed by atoms with E-state index in [1.54, 1.807) is 0 Å². The van der Waals surface area contributed by atoms with Crippen molar-refractivity contribution in [3.8, 4) is 0 Å². The summed E-state index contributed by atoms with van der Waals surface area (Å²) >= 11 is 10.7. The highest BCUT2D eigenvalue weighted by molar-refractivity contribution is 6.39. The summed E-state index contributed by atoms with van der Waals surface area (Å²) in [5.41, 5.74) is -0.749. The van der Waals surface area contributed by atoms with Gasteiger partial charge in [-0.3, -0.25) is 20.2 Å². The second-order valence-corrected chi connectivity index (χ2v) is 3.31. The van der Waals surface area contributed by atoms with Gasteiger partial charge in [-0.2, -0.15) is 0 Å². The minimum absolute atomic E-state index is 0.215. The number of nitro groups is 2. The second-order valence-electron chi connectivity index (χ2n) is 2.57. The van der Waals surface area contributed by atoms with Crippen LogP contribution in [-0.2, 0) is 4.74 Å². The van der Waals surface area contributed by atoms with Gasteiger partial charge in [0.25, 0.3) is 5.88 Å². The number of nitrogens with one attached hydrogen (secondary N) is 1. The van der Waals surface area contributed by atoms with Crippen molar-refractivity contribution >= 4 is 23.2 Å². The van der Waals surface area contributed by atoms with E-state index in [1.807, 2.05) is 0 Å². The summed E-state index contributed by atoms with van der Waals surface area (Å²) in [6.45, 7) is 0.569. The highest BCUT2D eigenvalue weighted by Crippen LogP contribution is 2.26. The van der Waals surface area contributed by atoms with Crippen LogP contribution in [0.25, 0.3) is 0 Å². The first-order chi connectivity index (χ1) is 7.45. The van der Waals surface area contributed by atoms with Gasteiger partial charge in [0, 0.05) is 0 Å². The van der Waals surface area contributed by atoms with Crippen LogP contribution in [0.1, 0.15) is 0 Å². The summed E-state index contributed by atoms with van der Waals surface area (Å²) in [7, 11) is 0. The van der Waals surface area contributed by atoms with Crippen LogP contribution < -0.4 is 5.32 Å². The Bertz CT molecular complexity index is 397. The van der Waals surface area contributed by atoms with Crippen molar-refractivity contribution < 1.29 is 14.6 Å². The summed E-state index contributed by atoms with van der Waals surface area (Å²) in [5.74, 6) is -0.227. The van der Waals surface area contributed by atoms with Gasteiger partial charge in [0.15, 0.2) is 0 Å². The molecule has 1 aliphatic rings. The van der Waals surface area contributed by atoms with E-state index in [-0.39, 0.29) is 12.5 Å². The molecule has 1 N–H and O–H groups in total. The fourth-order valence-electron chi connectivity index (χ4n) is 0.961. The lowest BCUT2D eigenvalue weighted by Crippen LogP contribution is -2.14. The summed E-state index contributed by atoms with van der Waals surface area (Å²) in [4.78, 5) is 19.1. The SMILES string of the molecule is O=[N+]([O-])C(Cl)=C(Cl)C(=C1NCCO1)[N+](=O)[O-]. The smallest absolute Gasteiger partial charge is 0.363 e. The highest BCUT2D eigenvalue weighted by Gasteiger charge is 2.33. The molecule has 10 heteroatoms. The molecule has 0 aromatic rings. The van der Waals surface area contributed by atoms with Crippen molar-refractivity contribution in [2.75, 3.05) is 13.2 Å². The van der Waals surface area contributed by atoms with Crippen LogP contribution in [0.15, 0.2) is 21.8 Å². The molecule has 0 bridgehead atoms. The molecule has 88 valence electrons. The zero-order valence-electron chi connectivity index (χ0n) is 7.61. The molecule has 1 saturated heterocycles. The number of rotatable bonds is 3. The van der Waals surface area contributed by atoms with Crippen LogP contribution in [-0.4, -0.2) is 23.0 Å². The zero-order valence-corrected chi connectivity index (χ0v) is 9.12. The molecule has 0 aromatic carbocycles. The molecule has 0 radical (unpaired) electrons. The molecular formula is C6H5Cl2N3O5. The maximum Gasteiger partial charge on any atom is 0.363 e. The zero-order chi connectivity index (χ0) is 12.3. The highest BCUT2D eigenvalue weighted by atomic mass is 35.5. The summed E-state index contributed by atoms with van der Waals surface area (Å²) in [6.07, 6.45) is 0. The number of nitrogens with zero attached hydrogens (tertiary/aromatic N) is 2. The Morgan fingerprint density at radius 3 is 2.31 bits per heavy atom. The largest absolute Gasteiger partial charge is 0.472 e. The van der Waals surface area contributed by atoms with E-state index in [0.29, 0.717) is 6.54 Å². The average Bonchev–Trinajstić information content (AvgIpc) is 2.69. The van der Waals surface area contributed by atoms with Crippen LogP contribution in [0, 0.1) is 20.2 Å². The first-order valence-corrected chi connectivity index (χ1v) is 4.66. The third-order valence-electron chi connectivity index (χ3n) is 1.58. The van der Waals surface area contributed by atoms with Crippen molar-refractivity contribution in [3.05, 3.63) is 42.0 Å². The van der Waals surface area contributed by atoms with Crippen LogP contribution in [0.5, 0.6) is 0 Å². The first kappa shape index (κ1) is 12.5. The third-order valence-corrected chi connectivity index (χ3v) is 2.36. The maximum atomic E-state index is 10.7. The van der Waals surface area contributed by atoms with Crippen LogP contribution >= 0.6 is 23.2 Å². The maximum absolute atomic E-state index is 10.7. The molecule has 0 spiro atoms. The summed E-state index contributed by atoms with van der Waals surface area (Å²) in [6, 6.07) is 0. The molecule has 0 aromatic heterocycles. The lowest BCUT2D eigenvalue weighted by atomic mass is 10.4. The topological polar surface area (TPSA) is 108 Å². The van der Waals surface area contributed by atoms with E-state index >= 15 is 0 Å². The fraction of sp³-hybridized carbons (Fsp3) is 0.333. The van der Waals surface area contributed by atoms with Crippen molar-refractivity contribution in [2.24, 2.45) is 0 Å². The van der Waals surface area contributed by atoms with E-state index < -0.39 is 25.7 Å². The summed E-state index contributed by atoms with van der Waals surface area (Å²) < 4.78 is 4.85. The van der Waals surface area contributed by atoms with E-state index in [1.165, 1.54) is 0 Å². The van der Waals surface area contributed by atoms with Gasteiger partial charge in [0.1, 0.15) is 6.61 Å². The van der Waals surface area contributed by atoms with Crippen molar-refractivity contribution in [2.45, 2.75) is 0 Å². The van der Waals surface area contributed by atoms with Gasteiger partial charge in [-0.15, -0.1) is 0 Å². The number of halogens is 2. The molecule has 0 aliphatic carbocycles. The predicted molar refractivity (Wildman–Crippen MR) is 53.7 cm³/mol. The Hall–Kier alpha value is -1.54. The average molecular weight is 270 g/mol. The van der Waals surface area contributed by atoms with Crippen LogP contribution in [0.3, 0.4) is 0 Å². The lowest BCUT2D eigenvalue weighted by molar-refractivity contribution is -0.431. The van der Waals surface area contributed by atoms with Gasteiger partial charge in [0.05, 0.1) is 16.4 Å². The first-order valence-electron chi connectivity index (χ1n) is 3.90. The fourth-order valence-corrected chi connectivity index (χ4v) is 1.27. The van der Waals surface area contributed by atoms with Crippen molar-refractivity contribution in [1.29, 1.82) is 0 Å². The molecule has 0 saturated carbocycles. The van der Waals surface area contributed by atoms with Crippen molar-refractivity contribution in [3.63, 3.8) is 0 Å². The second kappa shape index (κ2) is 4.99. The van der Waals surface area contributed by atoms with Crippen LogP contribution in [0.4, 0.5) is 0 Å². The van der Waals surface area contributed by atoms with Crippen molar-refractivity contribution in [1.82, 2.24) is 5.32 Å². The molecule has 1 aliphatic heterocycles. The van der Waals surface area contributed by atoms with E-state index in [9.17, 15) is 20.2 Å². The minimum Gasteiger partial charge on any atom is -0.472 e. The molecule has 8 nitrogen and oxygen atoms in total. The predicted octanol–water partition coefficient (Wildman–Crippen LogP) is 0.975. The number of hydrogen-bond donors (Lipinski definition) is 1. The Labute approximate surface area is 98.8 Å². The molecule has 0 atom stereocenters. The Balaban J connectivity index is 3.24. The van der Waals surface area contributed by atoms with Gasteiger partial charge >= 0.3 is 10.9 Å². The summed E-state index contributed by atoms with van der Waals surface area (Å²) in [5, 5.41) is 21.7. The van der Waals surface area contributed by atoms with Gasteiger partial charge in [-0.05, 0) is 11.6 Å². The number of ether oxygens (including phenoxy) is 1. The number of allylic oxidation sites excluding steroid dienone is 1. The van der Waals surface area contributed by atoms with E-state index in [4.69, 9.17) is 27.9 Å². The van der Waals surface area contributed by atoms with E-state index in [0.717, 1.165) is 0 Å². The monoisotopic (exact) mass is 269 g/mol. The van der Waals surface area contributed by atoms with Gasteiger partial charge in [-0.1, -0.05) is 11.6 Å². The van der Waals surface area contributed by atoms with E-state index in [2.05, 4.69) is 5.32 Å². The molecule has 1 heterocycles. The standard InChI is InChI=1S/C6H5Cl2N3O5/c7-3(5(8)11(14)15)4(10(12)13)6-9-1-2-16-6/h9H,1-2H2.